The highest BCUT2D eigenvalue weighted by atomic mass is 32.1. The molecule has 29 heavy (non-hydrogen) atoms. The summed E-state index contributed by atoms with van der Waals surface area (Å²) in [5, 5.41) is 15.6. The third-order valence-corrected chi connectivity index (χ3v) is 7.02. The zero-order valence-electron chi connectivity index (χ0n) is 16.6. The van der Waals surface area contributed by atoms with Crippen LogP contribution in [0.4, 0.5) is 0 Å². The van der Waals surface area contributed by atoms with Crippen LogP contribution < -0.4 is 4.90 Å². The predicted molar refractivity (Wildman–Crippen MR) is 112 cm³/mol. The lowest BCUT2D eigenvalue weighted by Crippen LogP contribution is -3.13. The van der Waals surface area contributed by atoms with Gasteiger partial charge in [0.25, 0.3) is 0 Å². The van der Waals surface area contributed by atoms with Crippen molar-refractivity contribution in [2.75, 3.05) is 13.1 Å². The molecular weight excluding hydrogens is 384 g/mol. The first-order valence-electron chi connectivity index (χ1n) is 10.1. The number of aromatic hydroxyl groups is 1. The molecule has 5 rings (SSSR count). The van der Waals surface area contributed by atoms with E-state index in [4.69, 9.17) is 4.42 Å². The minimum atomic E-state index is 0.0867. The van der Waals surface area contributed by atoms with Crippen LogP contribution in [0.15, 0.2) is 47.1 Å². The van der Waals surface area contributed by atoms with Crippen molar-refractivity contribution in [2.45, 2.75) is 32.7 Å². The van der Waals surface area contributed by atoms with Crippen molar-refractivity contribution in [2.24, 2.45) is 5.92 Å². The van der Waals surface area contributed by atoms with Gasteiger partial charge in [0.2, 0.25) is 16.7 Å². The number of nitrogens with one attached hydrogen (secondary N) is 1. The van der Waals surface area contributed by atoms with E-state index < -0.39 is 0 Å². The normalized spacial score (nSPS) is 20.9. The summed E-state index contributed by atoms with van der Waals surface area (Å²) in [4.78, 5) is 7.71. The number of benzene rings is 1. The molecule has 1 aliphatic rings. The lowest BCUT2D eigenvalue weighted by atomic mass is 9.95. The Hall–Kier alpha value is -2.64. The molecule has 0 unspecified atom stereocenters. The van der Waals surface area contributed by atoms with E-state index in [0.29, 0.717) is 16.5 Å². The van der Waals surface area contributed by atoms with E-state index in [2.05, 4.69) is 48.2 Å². The Kier molecular flexibility index (Phi) is 4.64. The molecule has 0 bridgehead atoms. The third-order valence-electron chi connectivity index (χ3n) is 5.94. The highest BCUT2D eigenvalue weighted by molar-refractivity contribution is 7.17. The van der Waals surface area contributed by atoms with E-state index in [1.807, 2.05) is 12.1 Å². The van der Waals surface area contributed by atoms with Crippen LogP contribution in [0.3, 0.4) is 0 Å². The van der Waals surface area contributed by atoms with Crippen molar-refractivity contribution in [3.63, 3.8) is 0 Å². The van der Waals surface area contributed by atoms with Crippen molar-refractivity contribution in [3.05, 3.63) is 58.7 Å². The summed E-state index contributed by atoms with van der Waals surface area (Å²) >= 11 is 1.52. The Bertz CT molecular complexity index is 1110. The van der Waals surface area contributed by atoms with Gasteiger partial charge in [0.15, 0.2) is 11.8 Å². The molecule has 3 aromatic heterocycles. The fourth-order valence-corrected chi connectivity index (χ4v) is 5.34. The maximum Gasteiger partial charge on any atom is 0.235 e. The van der Waals surface area contributed by atoms with E-state index in [0.717, 1.165) is 23.9 Å². The van der Waals surface area contributed by atoms with Crippen LogP contribution in [0.2, 0.25) is 0 Å². The van der Waals surface area contributed by atoms with Crippen molar-refractivity contribution >= 4 is 16.3 Å². The summed E-state index contributed by atoms with van der Waals surface area (Å²) in [6, 6.07) is 12.4. The Morgan fingerprint density at radius 2 is 1.97 bits per heavy atom. The molecule has 2 N–H and O–H groups in total. The lowest BCUT2D eigenvalue weighted by molar-refractivity contribution is -0.931. The number of furan rings is 1. The molecular formula is C22H25N4O2S+. The summed E-state index contributed by atoms with van der Waals surface area (Å²) in [6.45, 7) is 6.63. The first kappa shape index (κ1) is 18.4. The smallest absolute Gasteiger partial charge is 0.235 e. The highest BCUT2D eigenvalue weighted by Crippen LogP contribution is 2.36. The number of likely N-dealkylation sites (tertiary alicyclic amines) is 1. The van der Waals surface area contributed by atoms with Gasteiger partial charge in [-0.1, -0.05) is 48.1 Å². The number of rotatable bonds is 4. The largest absolute Gasteiger partial charge is 0.492 e. The molecule has 1 saturated heterocycles. The maximum atomic E-state index is 11.1. The van der Waals surface area contributed by atoms with Crippen LogP contribution >= 0.6 is 11.3 Å². The van der Waals surface area contributed by atoms with Gasteiger partial charge in [-0.05, 0) is 37.8 Å². The molecule has 1 fully saturated rings. The molecule has 6 nitrogen and oxygen atoms in total. The van der Waals surface area contributed by atoms with Gasteiger partial charge in [-0.2, -0.15) is 9.50 Å². The fourth-order valence-electron chi connectivity index (χ4n) is 4.20. The molecule has 0 aliphatic carbocycles. The second kappa shape index (κ2) is 7.31. The summed E-state index contributed by atoms with van der Waals surface area (Å²) in [5.74, 6) is 2.05. The number of hydrogen-bond acceptors (Lipinski definition) is 5. The molecule has 1 aromatic carbocycles. The maximum absolute atomic E-state index is 11.1. The SMILES string of the molecule is Cc1ccc([C@@H](c2sc3nc(-c4ccco4)nn3c2O)[NH+]2CCC(C)CC2)cc1. The average Bonchev–Trinajstić information content (AvgIpc) is 3.44. The summed E-state index contributed by atoms with van der Waals surface area (Å²) in [7, 11) is 0. The molecule has 1 atom stereocenters. The Morgan fingerprint density at radius 3 is 2.62 bits per heavy atom. The molecule has 4 heterocycles. The molecule has 1 aliphatic heterocycles. The second-order valence-electron chi connectivity index (χ2n) is 8.08. The van der Waals surface area contributed by atoms with Gasteiger partial charge in [0.1, 0.15) is 4.88 Å². The number of fused-ring (bicyclic) bond motifs is 1. The van der Waals surface area contributed by atoms with Gasteiger partial charge >= 0.3 is 0 Å². The van der Waals surface area contributed by atoms with E-state index in [-0.39, 0.29) is 11.9 Å². The number of hydrogen-bond donors (Lipinski definition) is 2. The monoisotopic (exact) mass is 409 g/mol. The first-order valence-corrected chi connectivity index (χ1v) is 10.9. The van der Waals surface area contributed by atoms with Gasteiger partial charge in [0.05, 0.1) is 19.4 Å². The van der Waals surface area contributed by atoms with Gasteiger partial charge in [-0.3, -0.25) is 0 Å². The number of piperidine rings is 1. The standard InChI is InChI=1S/C22H24N4O2S/c1-14-5-7-16(8-6-14)18(25-11-9-15(2)10-12-25)19-21(27)26-22(29-19)23-20(24-26)17-4-3-13-28-17/h3-8,13,15,18,27H,9-12H2,1-2H3/p+1/t18-/m0/s1. The van der Waals surface area contributed by atoms with Gasteiger partial charge in [-0.25, -0.2) is 0 Å². The van der Waals surface area contributed by atoms with Crippen molar-refractivity contribution in [3.8, 4) is 17.5 Å². The lowest BCUT2D eigenvalue weighted by Gasteiger charge is -2.33. The summed E-state index contributed by atoms with van der Waals surface area (Å²) in [5.41, 5.74) is 2.47. The number of nitrogens with zero attached hydrogens (tertiary/aromatic N) is 3. The van der Waals surface area contributed by atoms with Crippen LogP contribution in [0.1, 0.15) is 41.8 Å². The molecule has 7 heteroatoms. The average molecular weight is 410 g/mol. The highest BCUT2D eigenvalue weighted by Gasteiger charge is 2.34. The van der Waals surface area contributed by atoms with Crippen LogP contribution in [-0.2, 0) is 0 Å². The van der Waals surface area contributed by atoms with E-state index in [1.165, 1.54) is 40.2 Å². The molecule has 0 saturated carbocycles. The Morgan fingerprint density at radius 1 is 1.21 bits per heavy atom. The van der Waals surface area contributed by atoms with Crippen molar-refractivity contribution in [1.29, 1.82) is 0 Å². The number of thiazole rings is 1. The van der Waals surface area contributed by atoms with E-state index in [1.54, 1.807) is 10.8 Å². The predicted octanol–water partition coefficient (Wildman–Crippen LogP) is 3.47. The van der Waals surface area contributed by atoms with E-state index in [9.17, 15) is 5.11 Å². The second-order valence-corrected chi connectivity index (χ2v) is 9.09. The minimum Gasteiger partial charge on any atom is -0.492 e. The number of quaternary nitrogens is 1. The zero-order chi connectivity index (χ0) is 20.0. The quantitative estimate of drug-likeness (QED) is 0.542. The topological polar surface area (TPSA) is 68.0 Å². The van der Waals surface area contributed by atoms with Crippen molar-refractivity contribution < 1.29 is 14.4 Å². The zero-order valence-corrected chi connectivity index (χ0v) is 17.4. The minimum absolute atomic E-state index is 0.0867. The van der Waals surface area contributed by atoms with Crippen LogP contribution in [-0.4, -0.2) is 32.8 Å². The van der Waals surface area contributed by atoms with Crippen molar-refractivity contribution in [1.82, 2.24) is 14.6 Å². The van der Waals surface area contributed by atoms with E-state index >= 15 is 0 Å². The summed E-state index contributed by atoms with van der Waals surface area (Å²) < 4.78 is 6.95. The molecule has 0 radical (unpaired) electrons. The van der Waals surface area contributed by atoms with Crippen LogP contribution in [0.5, 0.6) is 5.88 Å². The Labute approximate surface area is 173 Å². The first-order chi connectivity index (χ1) is 14.1. The van der Waals surface area contributed by atoms with Crippen LogP contribution in [0.25, 0.3) is 16.5 Å². The molecule has 0 spiro atoms. The van der Waals surface area contributed by atoms with Gasteiger partial charge in [0, 0.05) is 5.56 Å². The molecule has 150 valence electrons. The molecule has 0 amide bonds. The number of aromatic nitrogens is 3. The third kappa shape index (κ3) is 3.34. The number of aryl methyl sites for hydroxylation is 1. The fraction of sp³-hybridized carbons (Fsp3) is 0.364. The van der Waals surface area contributed by atoms with Gasteiger partial charge in [-0.15, -0.1) is 5.10 Å². The molecule has 4 aromatic rings. The summed E-state index contributed by atoms with van der Waals surface area (Å²) in [6.07, 6.45) is 4.02. The van der Waals surface area contributed by atoms with Gasteiger partial charge < -0.3 is 14.4 Å². The Balaban J connectivity index is 1.57. The van der Waals surface area contributed by atoms with Crippen LogP contribution in [0, 0.1) is 12.8 Å².